The third kappa shape index (κ3) is 5.94. The van der Waals surface area contributed by atoms with Crippen molar-refractivity contribution in [1.29, 1.82) is 5.26 Å². The van der Waals surface area contributed by atoms with Crippen LogP contribution in [0.5, 0.6) is 17.2 Å². The van der Waals surface area contributed by atoms with Gasteiger partial charge in [-0.1, -0.05) is 47.7 Å². The van der Waals surface area contributed by atoms with Crippen molar-refractivity contribution in [1.82, 2.24) is 4.57 Å². The van der Waals surface area contributed by atoms with E-state index in [1.54, 1.807) is 68.0 Å². The number of hydrogen-bond acceptors (Lipinski definition) is 9. The number of benzene rings is 3. The van der Waals surface area contributed by atoms with Gasteiger partial charge in [-0.3, -0.25) is 9.36 Å². The number of ether oxygens (including phenoxy) is 4. The van der Waals surface area contributed by atoms with Crippen molar-refractivity contribution >= 4 is 23.4 Å². The Labute approximate surface area is 252 Å². The molecule has 0 saturated carbocycles. The highest BCUT2D eigenvalue weighted by atomic mass is 32.1. The molecule has 0 amide bonds. The summed E-state index contributed by atoms with van der Waals surface area (Å²) in [7, 11) is 3.12. The van der Waals surface area contributed by atoms with Gasteiger partial charge in [0.05, 0.1) is 54.3 Å². The molecule has 1 atom stereocenters. The predicted molar refractivity (Wildman–Crippen MR) is 162 cm³/mol. The monoisotopic (exact) mass is 595 g/mol. The fourth-order valence-corrected chi connectivity index (χ4v) is 5.90. The summed E-state index contributed by atoms with van der Waals surface area (Å²) in [5, 5.41) is 9.36. The second-order valence-electron chi connectivity index (χ2n) is 9.54. The molecular weight excluding hydrogens is 566 g/mol. The van der Waals surface area contributed by atoms with E-state index in [2.05, 4.69) is 11.1 Å². The Bertz CT molecular complexity index is 1930. The Hall–Kier alpha value is -5.14. The number of carbonyl (C=O) groups excluding carboxylic acids is 1. The van der Waals surface area contributed by atoms with E-state index in [1.165, 1.54) is 18.4 Å². The molecule has 218 valence electrons. The molecule has 0 fully saturated rings. The van der Waals surface area contributed by atoms with Crippen LogP contribution in [0.2, 0.25) is 0 Å². The highest BCUT2D eigenvalue weighted by Crippen LogP contribution is 2.32. The van der Waals surface area contributed by atoms with Crippen LogP contribution >= 0.6 is 11.3 Å². The maximum absolute atomic E-state index is 13.9. The number of thiazole rings is 1. The lowest BCUT2D eigenvalue weighted by Gasteiger charge is -2.24. The number of allylic oxidation sites excluding steroid dienone is 1. The van der Waals surface area contributed by atoms with Gasteiger partial charge in [0.1, 0.15) is 12.4 Å². The molecule has 10 heteroatoms. The number of nitriles is 1. The van der Waals surface area contributed by atoms with Crippen LogP contribution in [0.1, 0.15) is 42.1 Å². The van der Waals surface area contributed by atoms with Gasteiger partial charge in [0, 0.05) is 5.56 Å². The Morgan fingerprint density at radius 3 is 2.53 bits per heavy atom. The summed E-state index contributed by atoms with van der Waals surface area (Å²) in [5.74, 6) is 1.12. The van der Waals surface area contributed by atoms with Crippen LogP contribution in [0.4, 0.5) is 0 Å². The van der Waals surface area contributed by atoms with Crippen LogP contribution in [0.25, 0.3) is 6.08 Å². The van der Waals surface area contributed by atoms with Gasteiger partial charge in [0.15, 0.2) is 16.3 Å². The van der Waals surface area contributed by atoms with E-state index in [-0.39, 0.29) is 18.8 Å². The average Bonchev–Trinajstić information content (AvgIpc) is 3.33. The first-order valence-corrected chi connectivity index (χ1v) is 14.3. The highest BCUT2D eigenvalue weighted by Gasteiger charge is 2.33. The van der Waals surface area contributed by atoms with Crippen LogP contribution in [-0.4, -0.2) is 31.4 Å². The summed E-state index contributed by atoms with van der Waals surface area (Å²) in [6, 6.07) is 21.3. The maximum atomic E-state index is 13.9. The topological polar surface area (TPSA) is 112 Å². The minimum Gasteiger partial charge on any atom is -0.497 e. The molecule has 1 aromatic heterocycles. The van der Waals surface area contributed by atoms with E-state index in [0.29, 0.717) is 49.0 Å². The highest BCUT2D eigenvalue weighted by molar-refractivity contribution is 7.07. The first kappa shape index (κ1) is 29.4. The molecule has 0 unspecified atom stereocenters. The van der Waals surface area contributed by atoms with Crippen molar-refractivity contribution in [3.63, 3.8) is 0 Å². The second kappa shape index (κ2) is 12.8. The molecule has 1 aliphatic heterocycles. The van der Waals surface area contributed by atoms with Gasteiger partial charge in [-0.25, -0.2) is 9.79 Å². The molecule has 5 rings (SSSR count). The minimum absolute atomic E-state index is 0.196. The van der Waals surface area contributed by atoms with E-state index >= 15 is 0 Å². The summed E-state index contributed by atoms with van der Waals surface area (Å²) in [4.78, 5) is 32.1. The zero-order valence-electron chi connectivity index (χ0n) is 24.1. The SMILES string of the molecule is CCOC(=O)C1=C(C)N=c2s/c(=C/c3ccc(OCc4ccccc4C#N)c(OC)c3)c(=O)n2[C@H]1c1ccc(OC)cc1. The summed E-state index contributed by atoms with van der Waals surface area (Å²) < 4.78 is 24.2. The molecule has 1 aliphatic rings. The number of fused-ring (bicyclic) bond motifs is 1. The van der Waals surface area contributed by atoms with Gasteiger partial charge in [0.25, 0.3) is 5.56 Å². The van der Waals surface area contributed by atoms with E-state index in [1.807, 2.05) is 30.3 Å². The predicted octanol–water partition coefficient (Wildman–Crippen LogP) is 4.27. The molecule has 0 bridgehead atoms. The quantitative estimate of drug-likeness (QED) is 0.266. The number of hydrogen-bond donors (Lipinski definition) is 0. The molecule has 0 aliphatic carbocycles. The summed E-state index contributed by atoms with van der Waals surface area (Å²) in [5.41, 5.74) is 3.27. The Balaban J connectivity index is 1.54. The lowest BCUT2D eigenvalue weighted by molar-refractivity contribution is -0.139. The number of nitrogens with zero attached hydrogens (tertiary/aromatic N) is 3. The van der Waals surface area contributed by atoms with Crippen LogP contribution in [-0.2, 0) is 16.1 Å². The first-order chi connectivity index (χ1) is 20.9. The fraction of sp³-hybridized carbons (Fsp3) is 0.212. The Morgan fingerprint density at radius 2 is 1.84 bits per heavy atom. The molecule has 0 saturated heterocycles. The Morgan fingerprint density at radius 1 is 1.07 bits per heavy atom. The van der Waals surface area contributed by atoms with Crippen molar-refractivity contribution in [2.24, 2.45) is 4.99 Å². The number of esters is 1. The molecular formula is C33H29N3O6S. The number of methoxy groups -OCH3 is 2. The van der Waals surface area contributed by atoms with Gasteiger partial charge in [-0.05, 0) is 61.4 Å². The molecule has 4 aromatic rings. The van der Waals surface area contributed by atoms with Crippen molar-refractivity contribution in [2.45, 2.75) is 26.5 Å². The third-order valence-electron chi connectivity index (χ3n) is 6.96. The molecule has 0 spiro atoms. The molecule has 0 radical (unpaired) electrons. The van der Waals surface area contributed by atoms with Crippen molar-refractivity contribution in [2.75, 3.05) is 20.8 Å². The molecule has 43 heavy (non-hydrogen) atoms. The fourth-order valence-electron chi connectivity index (χ4n) is 4.85. The minimum atomic E-state index is -0.718. The van der Waals surface area contributed by atoms with Crippen LogP contribution in [0.15, 0.2) is 87.8 Å². The lowest BCUT2D eigenvalue weighted by Crippen LogP contribution is -2.39. The second-order valence-corrected chi connectivity index (χ2v) is 10.6. The third-order valence-corrected chi connectivity index (χ3v) is 7.94. The molecule has 0 N–H and O–H groups in total. The van der Waals surface area contributed by atoms with E-state index < -0.39 is 12.0 Å². The zero-order chi connectivity index (χ0) is 30.5. The first-order valence-electron chi connectivity index (χ1n) is 13.5. The van der Waals surface area contributed by atoms with Crippen LogP contribution in [0, 0.1) is 11.3 Å². The van der Waals surface area contributed by atoms with Crippen molar-refractivity contribution in [3.05, 3.63) is 120 Å². The van der Waals surface area contributed by atoms with E-state index in [9.17, 15) is 14.9 Å². The molecule has 2 heterocycles. The van der Waals surface area contributed by atoms with Gasteiger partial charge < -0.3 is 18.9 Å². The number of aromatic nitrogens is 1. The van der Waals surface area contributed by atoms with Crippen LogP contribution < -0.4 is 29.1 Å². The molecule has 9 nitrogen and oxygen atoms in total. The van der Waals surface area contributed by atoms with E-state index in [0.717, 1.165) is 11.1 Å². The normalized spacial score (nSPS) is 14.4. The maximum Gasteiger partial charge on any atom is 0.338 e. The van der Waals surface area contributed by atoms with Gasteiger partial charge in [0.2, 0.25) is 0 Å². The number of rotatable bonds is 9. The van der Waals surface area contributed by atoms with Crippen LogP contribution in [0.3, 0.4) is 0 Å². The Kier molecular flexibility index (Phi) is 8.74. The van der Waals surface area contributed by atoms with Gasteiger partial charge in [-0.15, -0.1) is 0 Å². The van der Waals surface area contributed by atoms with Gasteiger partial charge >= 0.3 is 5.97 Å². The van der Waals surface area contributed by atoms with Gasteiger partial charge in [-0.2, -0.15) is 5.26 Å². The summed E-state index contributed by atoms with van der Waals surface area (Å²) in [6.07, 6.45) is 1.76. The molecule has 3 aromatic carbocycles. The summed E-state index contributed by atoms with van der Waals surface area (Å²) in [6.45, 7) is 3.88. The van der Waals surface area contributed by atoms with E-state index in [4.69, 9.17) is 18.9 Å². The zero-order valence-corrected chi connectivity index (χ0v) is 24.9. The lowest BCUT2D eigenvalue weighted by atomic mass is 9.96. The standard InChI is InChI=1S/C33H29N3O6S/c1-5-41-32(38)29-20(2)35-33-36(30(29)22-11-13-25(39-3)14-12-22)31(37)28(43-33)17-21-10-15-26(27(16-21)40-4)42-19-24-9-7-6-8-23(24)18-34/h6-17,30H,5,19H2,1-4H3/b28-17+/t30-/m0/s1. The smallest absolute Gasteiger partial charge is 0.338 e. The largest absolute Gasteiger partial charge is 0.497 e. The number of carbonyl (C=O) groups is 1. The average molecular weight is 596 g/mol. The van der Waals surface area contributed by atoms with Crippen molar-refractivity contribution < 1.29 is 23.7 Å². The van der Waals surface area contributed by atoms with Crippen molar-refractivity contribution in [3.8, 4) is 23.3 Å². The summed E-state index contributed by atoms with van der Waals surface area (Å²) >= 11 is 1.24.